The first-order chi connectivity index (χ1) is 16.0. The molecule has 0 spiro atoms. The number of hydrogen-bond acceptors (Lipinski definition) is 7. The molecule has 2 N–H and O–H groups in total. The SMILES string of the molecule is COc1ccc(C(=O)NNC(=O)COC(=O)c2cccc(Oc3ccccc3)c2)cc1OC. The van der Waals surface area contributed by atoms with E-state index in [2.05, 4.69) is 10.9 Å². The van der Waals surface area contributed by atoms with E-state index in [4.69, 9.17) is 18.9 Å². The molecule has 0 heterocycles. The number of amides is 2. The predicted octanol–water partition coefficient (Wildman–Crippen LogP) is 3.11. The van der Waals surface area contributed by atoms with Crippen molar-refractivity contribution in [1.82, 2.24) is 10.9 Å². The molecule has 0 bridgehead atoms. The summed E-state index contributed by atoms with van der Waals surface area (Å²) < 4.78 is 20.9. The number of hydrazine groups is 1. The van der Waals surface area contributed by atoms with Crippen LogP contribution in [-0.2, 0) is 9.53 Å². The lowest BCUT2D eigenvalue weighted by Crippen LogP contribution is -2.43. The molecule has 0 fully saturated rings. The van der Waals surface area contributed by atoms with Crippen molar-refractivity contribution in [2.75, 3.05) is 20.8 Å². The minimum absolute atomic E-state index is 0.214. The summed E-state index contributed by atoms with van der Waals surface area (Å²) in [5.41, 5.74) is 4.88. The number of carbonyl (C=O) groups excluding carboxylic acids is 3. The van der Waals surface area contributed by atoms with Crippen molar-refractivity contribution in [2.24, 2.45) is 0 Å². The fourth-order valence-electron chi connectivity index (χ4n) is 2.74. The Bertz CT molecular complexity index is 1130. The molecule has 0 aliphatic heterocycles. The number of benzene rings is 3. The van der Waals surface area contributed by atoms with Crippen LogP contribution < -0.4 is 25.1 Å². The van der Waals surface area contributed by atoms with E-state index in [1.165, 1.54) is 38.5 Å². The van der Waals surface area contributed by atoms with Crippen molar-refractivity contribution >= 4 is 17.8 Å². The highest BCUT2D eigenvalue weighted by Crippen LogP contribution is 2.27. The number of para-hydroxylation sites is 1. The second-order valence-electron chi connectivity index (χ2n) is 6.59. The maximum atomic E-state index is 12.3. The van der Waals surface area contributed by atoms with E-state index in [1.807, 2.05) is 18.2 Å². The lowest BCUT2D eigenvalue weighted by Gasteiger charge is -2.11. The van der Waals surface area contributed by atoms with Gasteiger partial charge in [0.05, 0.1) is 19.8 Å². The summed E-state index contributed by atoms with van der Waals surface area (Å²) in [5.74, 6) is -0.118. The minimum Gasteiger partial charge on any atom is -0.493 e. The lowest BCUT2D eigenvalue weighted by molar-refractivity contribution is -0.125. The molecule has 3 rings (SSSR count). The van der Waals surface area contributed by atoms with Gasteiger partial charge in [-0.05, 0) is 48.5 Å². The van der Waals surface area contributed by atoms with Crippen LogP contribution in [0.1, 0.15) is 20.7 Å². The first-order valence-corrected chi connectivity index (χ1v) is 9.81. The van der Waals surface area contributed by atoms with Crippen LogP contribution in [0.3, 0.4) is 0 Å². The normalized spacial score (nSPS) is 10.0. The Hall–Kier alpha value is -4.53. The molecule has 2 amide bonds. The molecule has 0 saturated carbocycles. The molecule has 0 aliphatic carbocycles. The highest BCUT2D eigenvalue weighted by molar-refractivity contribution is 5.96. The molecule has 0 radical (unpaired) electrons. The Balaban J connectivity index is 1.49. The van der Waals surface area contributed by atoms with Gasteiger partial charge in [-0.15, -0.1) is 0 Å². The number of esters is 1. The molecule has 0 aromatic heterocycles. The van der Waals surface area contributed by atoms with Gasteiger partial charge in [-0.2, -0.15) is 0 Å². The summed E-state index contributed by atoms with van der Waals surface area (Å²) in [4.78, 5) is 36.5. The van der Waals surface area contributed by atoms with Gasteiger partial charge >= 0.3 is 5.97 Å². The van der Waals surface area contributed by atoms with Gasteiger partial charge in [-0.3, -0.25) is 20.4 Å². The molecule has 3 aromatic rings. The maximum absolute atomic E-state index is 12.3. The molecule has 33 heavy (non-hydrogen) atoms. The van der Waals surface area contributed by atoms with E-state index >= 15 is 0 Å². The summed E-state index contributed by atoms with van der Waals surface area (Å²) in [6, 6.07) is 20.0. The second kappa shape index (κ2) is 11.2. The van der Waals surface area contributed by atoms with Crippen LogP contribution in [0.15, 0.2) is 72.8 Å². The van der Waals surface area contributed by atoms with E-state index in [0.717, 1.165) is 0 Å². The zero-order valence-corrected chi connectivity index (χ0v) is 18.0. The number of hydrogen-bond donors (Lipinski definition) is 2. The van der Waals surface area contributed by atoms with Gasteiger partial charge in [0.1, 0.15) is 11.5 Å². The molecule has 9 nitrogen and oxygen atoms in total. The average Bonchev–Trinajstić information content (AvgIpc) is 2.86. The average molecular weight is 450 g/mol. The Kier molecular flexibility index (Phi) is 7.85. The van der Waals surface area contributed by atoms with Gasteiger partial charge in [0.2, 0.25) is 0 Å². The monoisotopic (exact) mass is 450 g/mol. The third-order valence-electron chi connectivity index (χ3n) is 4.34. The van der Waals surface area contributed by atoms with Crippen molar-refractivity contribution in [3.63, 3.8) is 0 Å². The summed E-state index contributed by atoms with van der Waals surface area (Å²) in [5, 5.41) is 0. The lowest BCUT2D eigenvalue weighted by atomic mass is 10.2. The molecule has 9 heteroatoms. The quantitative estimate of drug-likeness (QED) is 0.401. The van der Waals surface area contributed by atoms with Gasteiger partial charge < -0.3 is 18.9 Å². The van der Waals surface area contributed by atoms with E-state index in [-0.39, 0.29) is 11.1 Å². The summed E-state index contributed by atoms with van der Waals surface area (Å²) in [6.45, 7) is -0.588. The number of rotatable bonds is 8. The fraction of sp³-hybridized carbons (Fsp3) is 0.125. The number of nitrogens with one attached hydrogen (secondary N) is 2. The fourth-order valence-corrected chi connectivity index (χ4v) is 2.74. The summed E-state index contributed by atoms with van der Waals surface area (Å²) >= 11 is 0. The number of methoxy groups -OCH3 is 2. The Morgan fingerprint density at radius 1 is 0.727 bits per heavy atom. The van der Waals surface area contributed by atoms with Crippen LogP contribution in [0.5, 0.6) is 23.0 Å². The molecule has 0 aliphatic rings. The molecular weight excluding hydrogens is 428 g/mol. The summed E-state index contributed by atoms with van der Waals surface area (Å²) in [7, 11) is 2.92. The van der Waals surface area contributed by atoms with Crippen molar-refractivity contribution in [2.45, 2.75) is 0 Å². The Labute approximate surface area is 190 Å². The molecule has 0 saturated heterocycles. The van der Waals surface area contributed by atoms with Crippen LogP contribution in [0.2, 0.25) is 0 Å². The second-order valence-corrected chi connectivity index (χ2v) is 6.59. The van der Waals surface area contributed by atoms with Crippen molar-refractivity contribution in [3.8, 4) is 23.0 Å². The molecular formula is C24H22N2O7. The van der Waals surface area contributed by atoms with E-state index in [0.29, 0.717) is 23.0 Å². The predicted molar refractivity (Wildman–Crippen MR) is 118 cm³/mol. The Morgan fingerprint density at radius 2 is 1.45 bits per heavy atom. The largest absolute Gasteiger partial charge is 0.493 e. The van der Waals surface area contributed by atoms with E-state index < -0.39 is 24.4 Å². The van der Waals surface area contributed by atoms with Crippen molar-refractivity contribution in [3.05, 3.63) is 83.9 Å². The van der Waals surface area contributed by atoms with E-state index in [1.54, 1.807) is 30.3 Å². The Morgan fingerprint density at radius 3 is 2.18 bits per heavy atom. The first-order valence-electron chi connectivity index (χ1n) is 9.81. The smallest absolute Gasteiger partial charge is 0.338 e. The summed E-state index contributed by atoms with van der Waals surface area (Å²) in [6.07, 6.45) is 0. The number of ether oxygens (including phenoxy) is 4. The molecule has 0 unspecified atom stereocenters. The third kappa shape index (κ3) is 6.47. The maximum Gasteiger partial charge on any atom is 0.338 e. The van der Waals surface area contributed by atoms with E-state index in [9.17, 15) is 14.4 Å². The zero-order valence-electron chi connectivity index (χ0n) is 18.0. The van der Waals surface area contributed by atoms with Gasteiger partial charge in [0, 0.05) is 5.56 Å². The topological polar surface area (TPSA) is 112 Å². The van der Waals surface area contributed by atoms with Crippen LogP contribution >= 0.6 is 0 Å². The zero-order chi connectivity index (χ0) is 23.6. The standard InChI is InChI=1S/C24H22N2O7/c1-30-20-12-11-16(14-21(20)31-2)23(28)26-25-22(27)15-32-24(29)17-7-6-10-19(13-17)33-18-8-4-3-5-9-18/h3-14H,15H2,1-2H3,(H,25,27)(H,26,28). The van der Waals surface area contributed by atoms with Crippen LogP contribution in [0, 0.1) is 0 Å². The highest BCUT2D eigenvalue weighted by atomic mass is 16.5. The van der Waals surface area contributed by atoms with Gasteiger partial charge in [-0.1, -0.05) is 24.3 Å². The van der Waals surface area contributed by atoms with Crippen LogP contribution in [0.4, 0.5) is 0 Å². The molecule has 0 atom stereocenters. The van der Waals surface area contributed by atoms with Crippen LogP contribution in [0.25, 0.3) is 0 Å². The van der Waals surface area contributed by atoms with Gasteiger partial charge in [0.15, 0.2) is 18.1 Å². The highest BCUT2D eigenvalue weighted by Gasteiger charge is 2.14. The third-order valence-corrected chi connectivity index (χ3v) is 4.34. The first kappa shape index (κ1) is 23.1. The van der Waals surface area contributed by atoms with Crippen molar-refractivity contribution < 1.29 is 33.3 Å². The van der Waals surface area contributed by atoms with Gasteiger partial charge in [0.25, 0.3) is 11.8 Å². The minimum atomic E-state index is -0.714. The van der Waals surface area contributed by atoms with Gasteiger partial charge in [-0.25, -0.2) is 4.79 Å². The molecule has 3 aromatic carbocycles. The molecule has 170 valence electrons. The number of carbonyl (C=O) groups is 3. The van der Waals surface area contributed by atoms with Crippen LogP contribution in [-0.4, -0.2) is 38.6 Å². The van der Waals surface area contributed by atoms with Crippen molar-refractivity contribution in [1.29, 1.82) is 0 Å².